The lowest BCUT2D eigenvalue weighted by Gasteiger charge is -2.22. The Hall–Kier alpha value is -1.22. The Morgan fingerprint density at radius 2 is 1.70 bits per heavy atom. The first-order valence-corrected chi connectivity index (χ1v) is 8.28. The fourth-order valence-electron chi connectivity index (χ4n) is 2.47. The molecular formula is C19H25Cl2NO. The zero-order valence-corrected chi connectivity index (χ0v) is 15.3. The van der Waals surface area contributed by atoms with Crippen LogP contribution in [0.2, 0.25) is 0 Å². The van der Waals surface area contributed by atoms with Gasteiger partial charge >= 0.3 is 0 Å². The van der Waals surface area contributed by atoms with Gasteiger partial charge in [-0.2, -0.15) is 0 Å². The van der Waals surface area contributed by atoms with Gasteiger partial charge in [-0.1, -0.05) is 55.5 Å². The van der Waals surface area contributed by atoms with Crippen LogP contribution in [0.15, 0.2) is 54.6 Å². The van der Waals surface area contributed by atoms with Crippen LogP contribution in [0.4, 0.5) is 0 Å². The van der Waals surface area contributed by atoms with Crippen molar-refractivity contribution in [2.75, 3.05) is 26.2 Å². The molecule has 0 radical (unpaired) electrons. The average molecular weight is 354 g/mol. The first-order chi connectivity index (χ1) is 10.7. The molecule has 23 heavy (non-hydrogen) atoms. The third-order valence-corrected chi connectivity index (χ3v) is 3.73. The Kier molecular flexibility index (Phi) is 9.08. The Balaban J connectivity index is 0.00000264. The summed E-state index contributed by atoms with van der Waals surface area (Å²) in [6, 6.07) is 18.5. The normalized spacial score (nSPS) is 11.8. The van der Waals surface area contributed by atoms with E-state index in [4.69, 9.17) is 16.3 Å². The highest BCUT2D eigenvalue weighted by atomic mass is 35.5. The highest BCUT2D eigenvalue weighted by Crippen LogP contribution is 2.29. The minimum atomic E-state index is 0. The first kappa shape index (κ1) is 19.8. The van der Waals surface area contributed by atoms with E-state index in [1.165, 1.54) is 5.56 Å². The molecule has 0 aliphatic rings. The zero-order chi connectivity index (χ0) is 15.8. The van der Waals surface area contributed by atoms with Crippen molar-refractivity contribution in [3.63, 3.8) is 0 Å². The van der Waals surface area contributed by atoms with Gasteiger partial charge in [0, 0.05) is 24.0 Å². The van der Waals surface area contributed by atoms with Crippen molar-refractivity contribution >= 4 is 24.0 Å². The van der Waals surface area contributed by atoms with Gasteiger partial charge in [0.05, 0.1) is 0 Å². The standard InChI is InChI=1S/C19H24ClNO.ClH/c1-3-21(15-16(2)20)13-14-22-19-12-8-7-11-18(19)17-9-5-4-6-10-17;/h4-12,16H,3,13-15H2,1-2H3;1H. The summed E-state index contributed by atoms with van der Waals surface area (Å²) < 4.78 is 6.02. The van der Waals surface area contributed by atoms with E-state index < -0.39 is 0 Å². The fraction of sp³-hybridized carbons (Fsp3) is 0.368. The topological polar surface area (TPSA) is 12.5 Å². The van der Waals surface area contributed by atoms with Crippen LogP contribution in [0.25, 0.3) is 11.1 Å². The van der Waals surface area contributed by atoms with Gasteiger partial charge in [0.15, 0.2) is 0 Å². The summed E-state index contributed by atoms with van der Waals surface area (Å²) in [6.07, 6.45) is 0. The smallest absolute Gasteiger partial charge is 0.127 e. The Morgan fingerprint density at radius 1 is 1.04 bits per heavy atom. The number of rotatable bonds is 8. The highest BCUT2D eigenvalue weighted by molar-refractivity contribution is 6.20. The maximum absolute atomic E-state index is 6.07. The van der Waals surface area contributed by atoms with Crippen LogP contribution in [0, 0.1) is 0 Å². The van der Waals surface area contributed by atoms with E-state index in [9.17, 15) is 0 Å². The molecule has 1 unspecified atom stereocenters. The summed E-state index contributed by atoms with van der Waals surface area (Å²) >= 11 is 6.07. The number of benzene rings is 2. The Labute approximate surface area is 150 Å². The number of para-hydroxylation sites is 1. The van der Waals surface area contributed by atoms with Crippen LogP contribution in [0.5, 0.6) is 5.75 Å². The van der Waals surface area contributed by atoms with E-state index in [-0.39, 0.29) is 17.8 Å². The van der Waals surface area contributed by atoms with E-state index in [0.29, 0.717) is 6.61 Å². The van der Waals surface area contributed by atoms with Crippen molar-refractivity contribution in [1.82, 2.24) is 4.90 Å². The van der Waals surface area contributed by atoms with Gasteiger partial charge in [-0.3, -0.25) is 4.90 Å². The molecule has 4 heteroatoms. The average Bonchev–Trinajstić information content (AvgIpc) is 2.55. The second kappa shape index (κ2) is 10.5. The quantitative estimate of drug-likeness (QED) is 0.611. The number of likely N-dealkylation sites (N-methyl/N-ethyl adjacent to an activating group) is 1. The molecule has 0 N–H and O–H groups in total. The SMILES string of the molecule is CCN(CCOc1ccccc1-c1ccccc1)CC(C)Cl.Cl. The summed E-state index contributed by atoms with van der Waals surface area (Å²) in [6.45, 7) is 7.60. The summed E-state index contributed by atoms with van der Waals surface area (Å²) in [7, 11) is 0. The number of halogens is 2. The molecule has 0 aliphatic carbocycles. The molecule has 2 aromatic carbocycles. The van der Waals surface area contributed by atoms with Crippen LogP contribution >= 0.6 is 24.0 Å². The summed E-state index contributed by atoms with van der Waals surface area (Å²) in [5.41, 5.74) is 2.32. The van der Waals surface area contributed by atoms with Crippen molar-refractivity contribution in [3.05, 3.63) is 54.6 Å². The molecule has 126 valence electrons. The summed E-state index contributed by atoms with van der Waals surface area (Å²) in [5.74, 6) is 0.934. The van der Waals surface area contributed by atoms with E-state index in [0.717, 1.165) is 30.9 Å². The predicted octanol–water partition coefficient (Wildman–Crippen LogP) is 5.10. The minimum Gasteiger partial charge on any atom is -0.492 e. The van der Waals surface area contributed by atoms with Gasteiger partial charge in [-0.25, -0.2) is 0 Å². The Bertz CT molecular complexity index is 560. The van der Waals surface area contributed by atoms with Gasteiger partial charge in [0.2, 0.25) is 0 Å². The number of nitrogens with zero attached hydrogens (tertiary/aromatic N) is 1. The van der Waals surface area contributed by atoms with Crippen LogP contribution in [-0.2, 0) is 0 Å². The summed E-state index contributed by atoms with van der Waals surface area (Å²) in [5, 5.41) is 0.163. The summed E-state index contributed by atoms with van der Waals surface area (Å²) in [4.78, 5) is 2.31. The van der Waals surface area contributed by atoms with Crippen molar-refractivity contribution < 1.29 is 4.74 Å². The Morgan fingerprint density at radius 3 is 2.35 bits per heavy atom. The third-order valence-electron chi connectivity index (χ3n) is 3.59. The van der Waals surface area contributed by atoms with Crippen LogP contribution in [0.1, 0.15) is 13.8 Å². The molecule has 2 rings (SSSR count). The van der Waals surface area contributed by atoms with Crippen molar-refractivity contribution in [2.24, 2.45) is 0 Å². The minimum absolute atomic E-state index is 0. The van der Waals surface area contributed by atoms with Crippen LogP contribution in [-0.4, -0.2) is 36.5 Å². The van der Waals surface area contributed by atoms with E-state index in [1.54, 1.807) is 0 Å². The second-order valence-corrected chi connectivity index (χ2v) is 6.13. The monoisotopic (exact) mass is 353 g/mol. The van der Waals surface area contributed by atoms with E-state index in [1.807, 2.05) is 43.3 Å². The zero-order valence-electron chi connectivity index (χ0n) is 13.7. The number of ether oxygens (including phenoxy) is 1. The first-order valence-electron chi connectivity index (χ1n) is 7.84. The molecule has 2 nitrogen and oxygen atoms in total. The lowest BCUT2D eigenvalue weighted by atomic mass is 10.1. The van der Waals surface area contributed by atoms with Crippen molar-refractivity contribution in [1.29, 1.82) is 0 Å². The van der Waals surface area contributed by atoms with E-state index >= 15 is 0 Å². The lowest BCUT2D eigenvalue weighted by Crippen LogP contribution is -2.32. The van der Waals surface area contributed by atoms with Crippen LogP contribution < -0.4 is 4.74 Å². The highest BCUT2D eigenvalue weighted by Gasteiger charge is 2.08. The number of hydrogen-bond donors (Lipinski definition) is 0. The molecule has 0 aromatic heterocycles. The molecule has 0 fully saturated rings. The second-order valence-electron chi connectivity index (χ2n) is 5.38. The largest absolute Gasteiger partial charge is 0.492 e. The lowest BCUT2D eigenvalue weighted by molar-refractivity contribution is 0.217. The predicted molar refractivity (Wildman–Crippen MR) is 102 cm³/mol. The van der Waals surface area contributed by atoms with Crippen LogP contribution in [0.3, 0.4) is 0 Å². The van der Waals surface area contributed by atoms with Gasteiger partial charge in [-0.15, -0.1) is 24.0 Å². The number of alkyl halides is 1. The van der Waals surface area contributed by atoms with Crippen molar-refractivity contribution in [2.45, 2.75) is 19.2 Å². The third kappa shape index (κ3) is 6.42. The molecular weight excluding hydrogens is 329 g/mol. The molecule has 1 atom stereocenters. The molecule has 0 amide bonds. The molecule has 0 heterocycles. The molecule has 0 spiro atoms. The van der Waals surface area contributed by atoms with E-state index in [2.05, 4.69) is 30.0 Å². The maximum Gasteiger partial charge on any atom is 0.127 e. The fourth-order valence-corrected chi connectivity index (χ4v) is 2.66. The molecule has 0 saturated carbocycles. The van der Waals surface area contributed by atoms with Gasteiger partial charge in [-0.05, 0) is 25.1 Å². The van der Waals surface area contributed by atoms with Crippen molar-refractivity contribution in [3.8, 4) is 16.9 Å². The number of hydrogen-bond acceptors (Lipinski definition) is 2. The van der Waals surface area contributed by atoms with Gasteiger partial charge in [0.25, 0.3) is 0 Å². The maximum atomic E-state index is 6.07. The molecule has 2 aromatic rings. The van der Waals surface area contributed by atoms with Gasteiger partial charge < -0.3 is 4.74 Å². The van der Waals surface area contributed by atoms with Gasteiger partial charge in [0.1, 0.15) is 12.4 Å². The molecule has 0 bridgehead atoms. The molecule has 0 saturated heterocycles. The molecule has 0 aliphatic heterocycles.